The number of nitrogens with zero attached hydrogens (tertiary/aromatic N) is 1. The molecule has 5 nitrogen and oxygen atoms in total. The van der Waals surface area contributed by atoms with Crippen LogP contribution in [-0.2, 0) is 21.4 Å². The van der Waals surface area contributed by atoms with Crippen molar-refractivity contribution in [3.8, 4) is 5.75 Å². The number of likely N-dealkylation sites (tertiary alicyclic amines) is 1. The highest BCUT2D eigenvalue weighted by atomic mass is 35.5. The Balaban J connectivity index is 1.58. The molecule has 7 heteroatoms. The molecule has 0 bridgehead atoms. The number of methoxy groups -OCH3 is 1. The number of phenols is 1. The van der Waals surface area contributed by atoms with E-state index in [9.17, 15) is 9.90 Å². The molecule has 0 aromatic heterocycles. The van der Waals surface area contributed by atoms with Gasteiger partial charge in [0.2, 0.25) is 5.91 Å². The number of carbonyl (C=O) groups is 1. The Kier molecular flexibility index (Phi) is 6.73. The topological polar surface area (TPSA) is 61.8 Å². The zero-order chi connectivity index (χ0) is 22.9. The molecule has 32 heavy (non-hydrogen) atoms. The van der Waals surface area contributed by atoms with Crippen molar-refractivity contribution in [2.45, 2.75) is 49.2 Å². The number of nitrogens with one attached hydrogen (secondary N) is 1. The Morgan fingerprint density at radius 3 is 2.75 bits per heavy atom. The minimum atomic E-state index is -0.362. The highest BCUT2D eigenvalue weighted by molar-refractivity contribution is 6.42. The molecule has 1 saturated heterocycles. The van der Waals surface area contributed by atoms with Crippen LogP contribution in [0.15, 0.2) is 42.5 Å². The number of ether oxygens (including phenoxy) is 1. The molecule has 2 aromatic carbocycles. The Morgan fingerprint density at radius 2 is 2.03 bits per heavy atom. The van der Waals surface area contributed by atoms with E-state index in [2.05, 4.69) is 23.3 Å². The fourth-order valence-electron chi connectivity index (χ4n) is 5.74. The van der Waals surface area contributed by atoms with Crippen LogP contribution in [0.1, 0.15) is 36.8 Å². The number of hydrogen-bond donors (Lipinski definition) is 2. The van der Waals surface area contributed by atoms with Crippen LogP contribution in [-0.4, -0.2) is 54.8 Å². The molecule has 0 radical (unpaired) electrons. The molecular formula is C25H30Cl2N2O3. The van der Waals surface area contributed by atoms with Crippen molar-refractivity contribution in [3.63, 3.8) is 0 Å². The Hall–Kier alpha value is -1.79. The average Bonchev–Trinajstić information content (AvgIpc) is 2.76. The first-order valence-corrected chi connectivity index (χ1v) is 11.8. The number of amides is 1. The Bertz CT molecular complexity index is 1000. The molecule has 1 heterocycles. The predicted molar refractivity (Wildman–Crippen MR) is 128 cm³/mol. The number of phenolic OH excluding ortho intramolecular Hbond substituents is 1. The van der Waals surface area contributed by atoms with Gasteiger partial charge in [-0.05, 0) is 74.7 Å². The van der Waals surface area contributed by atoms with Crippen LogP contribution < -0.4 is 5.32 Å². The normalized spacial score (nSPS) is 28.2. The van der Waals surface area contributed by atoms with Crippen LogP contribution in [0.5, 0.6) is 5.75 Å². The number of rotatable bonds is 5. The average molecular weight is 477 g/mol. The van der Waals surface area contributed by atoms with E-state index in [0.717, 1.165) is 49.9 Å². The quantitative estimate of drug-likeness (QED) is 0.663. The lowest BCUT2D eigenvalue weighted by molar-refractivity contribution is -0.147. The maximum absolute atomic E-state index is 12.9. The van der Waals surface area contributed by atoms with E-state index < -0.39 is 0 Å². The van der Waals surface area contributed by atoms with Gasteiger partial charge in [-0.1, -0.05) is 41.4 Å². The Morgan fingerprint density at radius 1 is 1.22 bits per heavy atom. The van der Waals surface area contributed by atoms with Gasteiger partial charge in [-0.2, -0.15) is 0 Å². The number of halogens is 2. The van der Waals surface area contributed by atoms with E-state index in [-0.39, 0.29) is 35.1 Å². The largest absolute Gasteiger partial charge is 0.508 e. The van der Waals surface area contributed by atoms with Gasteiger partial charge in [-0.3, -0.25) is 4.79 Å². The lowest BCUT2D eigenvalue weighted by atomic mass is 9.55. The fraction of sp³-hybridized carbons (Fsp3) is 0.480. The smallest absolute Gasteiger partial charge is 0.224 e. The van der Waals surface area contributed by atoms with Crippen molar-refractivity contribution in [3.05, 3.63) is 63.6 Å². The van der Waals surface area contributed by atoms with Gasteiger partial charge < -0.3 is 20.1 Å². The van der Waals surface area contributed by atoms with Crippen molar-refractivity contribution in [2.24, 2.45) is 0 Å². The van der Waals surface area contributed by atoms with Crippen molar-refractivity contribution >= 4 is 29.1 Å². The van der Waals surface area contributed by atoms with E-state index in [1.165, 1.54) is 0 Å². The van der Waals surface area contributed by atoms with Crippen molar-refractivity contribution in [1.29, 1.82) is 0 Å². The third-order valence-corrected chi connectivity index (χ3v) is 8.05. The summed E-state index contributed by atoms with van der Waals surface area (Å²) in [6, 6.07) is 12.8. The van der Waals surface area contributed by atoms with Crippen molar-refractivity contribution in [1.82, 2.24) is 10.2 Å². The van der Waals surface area contributed by atoms with E-state index >= 15 is 0 Å². The molecule has 2 fully saturated rings. The van der Waals surface area contributed by atoms with E-state index in [0.29, 0.717) is 10.0 Å². The molecule has 2 aliphatic rings. The number of aromatic hydroxyl groups is 1. The van der Waals surface area contributed by atoms with Gasteiger partial charge >= 0.3 is 0 Å². The number of fused-ring (bicyclic) bond motifs is 1. The van der Waals surface area contributed by atoms with Gasteiger partial charge in [-0.25, -0.2) is 0 Å². The number of benzene rings is 2. The third kappa shape index (κ3) is 4.36. The second kappa shape index (κ2) is 9.22. The van der Waals surface area contributed by atoms with Crippen molar-refractivity contribution < 1.29 is 14.6 Å². The predicted octanol–water partition coefficient (Wildman–Crippen LogP) is 4.57. The molecule has 0 unspecified atom stereocenters. The fourth-order valence-corrected chi connectivity index (χ4v) is 6.06. The molecule has 4 rings (SSSR count). The van der Waals surface area contributed by atoms with Crippen LogP contribution in [0.2, 0.25) is 10.0 Å². The summed E-state index contributed by atoms with van der Waals surface area (Å²) in [7, 11) is 3.91. The monoisotopic (exact) mass is 476 g/mol. The summed E-state index contributed by atoms with van der Waals surface area (Å²) in [5, 5.41) is 14.4. The van der Waals surface area contributed by atoms with Crippen LogP contribution in [0.3, 0.4) is 0 Å². The van der Waals surface area contributed by atoms with Crippen molar-refractivity contribution in [2.75, 3.05) is 27.2 Å². The summed E-state index contributed by atoms with van der Waals surface area (Å²) in [6.07, 6.45) is 3.60. The van der Waals surface area contributed by atoms with E-state index in [1.54, 1.807) is 25.3 Å². The zero-order valence-electron chi connectivity index (χ0n) is 18.5. The van der Waals surface area contributed by atoms with Crippen LogP contribution in [0, 0.1) is 0 Å². The lowest BCUT2D eigenvalue weighted by Crippen LogP contribution is -2.67. The highest BCUT2D eigenvalue weighted by Gasteiger charge is 2.58. The molecular weight excluding hydrogens is 447 g/mol. The molecule has 1 aliphatic heterocycles. The summed E-state index contributed by atoms with van der Waals surface area (Å²) in [5.41, 5.74) is 1.27. The van der Waals surface area contributed by atoms with Gasteiger partial charge in [0.15, 0.2) is 0 Å². The summed E-state index contributed by atoms with van der Waals surface area (Å²) < 4.78 is 6.26. The van der Waals surface area contributed by atoms with Crippen LogP contribution in [0.4, 0.5) is 0 Å². The maximum atomic E-state index is 12.9. The minimum absolute atomic E-state index is 0.0271. The zero-order valence-corrected chi connectivity index (χ0v) is 20.0. The molecule has 2 N–H and O–H groups in total. The van der Waals surface area contributed by atoms with Crippen LogP contribution >= 0.6 is 23.2 Å². The van der Waals surface area contributed by atoms with E-state index in [4.69, 9.17) is 27.9 Å². The second-order valence-electron chi connectivity index (χ2n) is 9.25. The van der Waals surface area contributed by atoms with Gasteiger partial charge in [0, 0.05) is 25.1 Å². The second-order valence-corrected chi connectivity index (χ2v) is 10.1. The third-order valence-electron chi connectivity index (χ3n) is 7.31. The summed E-state index contributed by atoms with van der Waals surface area (Å²) >= 11 is 12.1. The first-order valence-electron chi connectivity index (χ1n) is 11.0. The lowest BCUT2D eigenvalue weighted by Gasteiger charge is -2.59. The standard InChI is InChI=1S/C25H30Cl2N2O3/c1-29-11-10-24(18-4-3-5-20(30)14-18)15-19(8-9-25(24,16-29)32-2)28-23(31)13-17-6-7-21(26)22(27)12-17/h3-7,12,14,19,30H,8-11,13,15-16H2,1-2H3,(H,28,31)/t19-,24+,25+/m1/s1. The molecule has 2 aromatic rings. The summed E-state index contributed by atoms with van der Waals surface area (Å²) in [4.78, 5) is 15.2. The number of likely N-dealkylation sites (N-methyl/N-ethyl adjacent to an activating group) is 1. The van der Waals surface area contributed by atoms with Crippen LogP contribution in [0.25, 0.3) is 0 Å². The molecule has 3 atom stereocenters. The minimum Gasteiger partial charge on any atom is -0.508 e. The maximum Gasteiger partial charge on any atom is 0.224 e. The summed E-state index contributed by atoms with van der Waals surface area (Å²) in [5.74, 6) is 0.226. The number of hydrogen-bond acceptors (Lipinski definition) is 4. The van der Waals surface area contributed by atoms with Gasteiger partial charge in [0.1, 0.15) is 5.75 Å². The highest BCUT2D eigenvalue weighted by Crippen LogP contribution is 2.53. The first-order chi connectivity index (χ1) is 15.3. The van der Waals surface area contributed by atoms with Gasteiger partial charge in [-0.15, -0.1) is 0 Å². The number of piperidine rings is 1. The molecule has 172 valence electrons. The number of carbonyl (C=O) groups excluding carboxylic acids is 1. The van der Waals surface area contributed by atoms with Gasteiger partial charge in [0.05, 0.1) is 22.1 Å². The Labute approximate surface area is 199 Å². The molecule has 1 aliphatic carbocycles. The SMILES string of the molecule is CO[C@]12CC[C@@H](NC(=O)Cc3ccc(Cl)c(Cl)c3)C[C@]1(c1cccc(O)c1)CCN(C)C2. The molecule has 0 spiro atoms. The molecule has 1 saturated carbocycles. The summed E-state index contributed by atoms with van der Waals surface area (Å²) in [6.45, 7) is 1.76. The molecule has 1 amide bonds. The van der Waals surface area contributed by atoms with E-state index in [1.807, 2.05) is 18.2 Å². The first kappa shape index (κ1) is 23.4. The van der Waals surface area contributed by atoms with Gasteiger partial charge in [0.25, 0.3) is 0 Å².